The molecule has 0 saturated heterocycles. The lowest BCUT2D eigenvalue weighted by Gasteiger charge is -2.36. The second-order valence-corrected chi connectivity index (χ2v) is 13.8. The second kappa shape index (κ2) is 7.74. The predicted octanol–water partition coefficient (Wildman–Crippen LogP) is 4.46. The van der Waals surface area contributed by atoms with Crippen molar-refractivity contribution in [2.45, 2.75) is 58.1 Å². The Morgan fingerprint density at radius 1 is 1.11 bits per heavy atom. The fraction of sp³-hybridized carbons (Fsp3) is 0.391. The molecule has 0 bridgehead atoms. The van der Waals surface area contributed by atoms with E-state index < -0.39 is 14.5 Å². The number of carbonyl (C=O) groups excluding carboxylic acids is 1. The summed E-state index contributed by atoms with van der Waals surface area (Å²) in [5.74, 6) is -0.0539. The molecule has 0 spiro atoms. The van der Waals surface area contributed by atoms with Gasteiger partial charge in [-0.1, -0.05) is 69.3 Å². The Bertz CT molecular complexity index is 896. The zero-order chi connectivity index (χ0) is 20.5. The molecule has 1 atom stereocenters. The van der Waals surface area contributed by atoms with Gasteiger partial charge in [-0.25, -0.2) is 0 Å². The van der Waals surface area contributed by atoms with Crippen LogP contribution in [0.5, 0.6) is 0 Å². The van der Waals surface area contributed by atoms with E-state index in [2.05, 4.69) is 51.0 Å². The molecule has 0 aliphatic carbocycles. The summed E-state index contributed by atoms with van der Waals surface area (Å²) in [4.78, 5) is 16.8. The Labute approximate surface area is 169 Å². The van der Waals surface area contributed by atoms with Gasteiger partial charge in [-0.15, -0.1) is 0 Å². The van der Waals surface area contributed by atoms with Crippen molar-refractivity contribution in [1.29, 1.82) is 0 Å². The van der Waals surface area contributed by atoms with Gasteiger partial charge in [-0.3, -0.25) is 9.79 Å². The van der Waals surface area contributed by atoms with Gasteiger partial charge in [0.15, 0.2) is 20.3 Å². The molecule has 4 nitrogen and oxygen atoms in total. The van der Waals surface area contributed by atoms with E-state index in [1.54, 1.807) is 0 Å². The Morgan fingerprint density at radius 3 is 2.39 bits per heavy atom. The molecule has 0 saturated carbocycles. The molecule has 1 heterocycles. The topological polar surface area (TPSA) is 64.7 Å². The van der Waals surface area contributed by atoms with Crippen molar-refractivity contribution in [3.05, 3.63) is 70.8 Å². The molecular formula is C23H30N2O2Si. The number of Topliss-reactive ketones (excluding diaryl/α,β-unsaturated/α-hetero) is 1. The van der Waals surface area contributed by atoms with Gasteiger partial charge in [0.05, 0.1) is 12.3 Å². The Hall–Kier alpha value is -2.08. The van der Waals surface area contributed by atoms with Crippen LogP contribution in [0.2, 0.25) is 18.1 Å². The third kappa shape index (κ3) is 4.32. The average Bonchev–Trinajstić information content (AvgIpc) is 2.76. The summed E-state index contributed by atoms with van der Waals surface area (Å²) in [7, 11) is -1.78. The first kappa shape index (κ1) is 20.6. The highest BCUT2D eigenvalue weighted by molar-refractivity contribution is 6.74. The normalized spacial score (nSPS) is 17.7. The van der Waals surface area contributed by atoms with Crippen molar-refractivity contribution in [3.63, 3.8) is 0 Å². The van der Waals surface area contributed by atoms with Gasteiger partial charge in [0.2, 0.25) is 0 Å². The summed E-state index contributed by atoms with van der Waals surface area (Å²) in [6, 6.07) is 16.1. The molecule has 28 heavy (non-hydrogen) atoms. The van der Waals surface area contributed by atoms with Crippen molar-refractivity contribution in [2.75, 3.05) is 0 Å². The predicted molar refractivity (Wildman–Crippen MR) is 117 cm³/mol. The molecule has 0 amide bonds. The van der Waals surface area contributed by atoms with E-state index in [4.69, 9.17) is 10.2 Å². The van der Waals surface area contributed by atoms with E-state index >= 15 is 0 Å². The van der Waals surface area contributed by atoms with Crippen LogP contribution in [0.1, 0.15) is 43.0 Å². The number of rotatable bonds is 4. The van der Waals surface area contributed by atoms with E-state index in [-0.39, 0.29) is 10.8 Å². The van der Waals surface area contributed by atoms with Crippen LogP contribution < -0.4 is 5.73 Å². The number of nitrogens with two attached hydrogens (primary N) is 1. The third-order valence-electron chi connectivity index (χ3n) is 5.87. The zero-order valence-corrected chi connectivity index (χ0v) is 18.5. The fourth-order valence-electron chi connectivity index (χ4n) is 2.95. The van der Waals surface area contributed by atoms with Gasteiger partial charge < -0.3 is 10.2 Å². The van der Waals surface area contributed by atoms with Crippen LogP contribution in [-0.4, -0.2) is 26.0 Å². The van der Waals surface area contributed by atoms with Crippen LogP contribution >= 0.6 is 0 Å². The SMILES string of the molecule is CC(C)(C)[Si](C)(C)OCc1ccc(C2=NC(N)C(=O)Cc3ccccc32)cc1. The van der Waals surface area contributed by atoms with Gasteiger partial charge in [0, 0.05) is 17.5 Å². The maximum Gasteiger partial charge on any atom is 0.192 e. The van der Waals surface area contributed by atoms with Crippen molar-refractivity contribution in [1.82, 2.24) is 0 Å². The molecule has 1 aliphatic rings. The van der Waals surface area contributed by atoms with Gasteiger partial charge in [-0.05, 0) is 29.3 Å². The third-order valence-corrected chi connectivity index (χ3v) is 10.3. The first-order valence-corrected chi connectivity index (χ1v) is 12.7. The van der Waals surface area contributed by atoms with Gasteiger partial charge in [0.1, 0.15) is 0 Å². The van der Waals surface area contributed by atoms with Gasteiger partial charge in [0.25, 0.3) is 0 Å². The molecule has 0 fully saturated rings. The van der Waals surface area contributed by atoms with Crippen LogP contribution in [0.3, 0.4) is 0 Å². The molecule has 2 N–H and O–H groups in total. The summed E-state index contributed by atoms with van der Waals surface area (Å²) >= 11 is 0. The van der Waals surface area contributed by atoms with Crippen LogP contribution in [0.15, 0.2) is 53.5 Å². The molecule has 0 radical (unpaired) electrons. The molecule has 5 heteroatoms. The summed E-state index contributed by atoms with van der Waals surface area (Å²) < 4.78 is 6.32. The fourth-order valence-corrected chi connectivity index (χ4v) is 3.91. The molecule has 2 aromatic rings. The first-order chi connectivity index (χ1) is 13.1. The minimum Gasteiger partial charge on any atom is -0.413 e. The molecule has 2 aromatic carbocycles. The highest BCUT2D eigenvalue weighted by atomic mass is 28.4. The molecule has 3 rings (SSSR count). The maximum atomic E-state index is 12.2. The van der Waals surface area contributed by atoms with E-state index in [0.717, 1.165) is 28.0 Å². The average molecular weight is 395 g/mol. The number of benzene rings is 2. The molecule has 1 unspecified atom stereocenters. The highest BCUT2D eigenvalue weighted by Gasteiger charge is 2.37. The monoisotopic (exact) mass is 394 g/mol. The molecule has 148 valence electrons. The number of fused-ring (bicyclic) bond motifs is 1. The lowest BCUT2D eigenvalue weighted by atomic mass is 9.95. The molecular weight excluding hydrogens is 364 g/mol. The summed E-state index contributed by atoms with van der Waals surface area (Å²) in [5.41, 5.74) is 10.8. The quantitative estimate of drug-likeness (QED) is 0.779. The zero-order valence-electron chi connectivity index (χ0n) is 17.5. The van der Waals surface area contributed by atoms with E-state index in [9.17, 15) is 4.79 Å². The Morgan fingerprint density at radius 2 is 1.75 bits per heavy atom. The number of carbonyl (C=O) groups is 1. The highest BCUT2D eigenvalue weighted by Crippen LogP contribution is 2.37. The van der Waals surface area contributed by atoms with Crippen molar-refractivity contribution in [2.24, 2.45) is 10.7 Å². The van der Waals surface area contributed by atoms with E-state index in [1.165, 1.54) is 0 Å². The summed E-state index contributed by atoms with van der Waals surface area (Å²) in [5, 5.41) is 0.189. The maximum absolute atomic E-state index is 12.2. The first-order valence-electron chi connectivity index (χ1n) is 9.76. The van der Waals surface area contributed by atoms with Crippen molar-refractivity contribution in [3.8, 4) is 0 Å². The van der Waals surface area contributed by atoms with Crippen molar-refractivity contribution >= 4 is 19.8 Å². The van der Waals surface area contributed by atoms with Crippen molar-refractivity contribution < 1.29 is 9.22 Å². The number of ketones is 1. The number of aliphatic imine (C=N–C) groups is 1. The van der Waals surface area contributed by atoms with Crippen LogP contribution in [-0.2, 0) is 22.2 Å². The smallest absolute Gasteiger partial charge is 0.192 e. The summed E-state index contributed by atoms with van der Waals surface area (Å²) in [6.45, 7) is 11.9. The number of hydrogen-bond donors (Lipinski definition) is 1. The lowest BCUT2D eigenvalue weighted by Crippen LogP contribution is -2.40. The molecule has 0 aromatic heterocycles. The van der Waals surface area contributed by atoms with E-state index in [0.29, 0.717) is 13.0 Å². The minimum atomic E-state index is -1.78. The summed E-state index contributed by atoms with van der Waals surface area (Å²) in [6.07, 6.45) is -0.494. The Kier molecular flexibility index (Phi) is 5.71. The minimum absolute atomic E-state index is 0.0539. The van der Waals surface area contributed by atoms with Crippen LogP contribution in [0.25, 0.3) is 0 Å². The second-order valence-electron chi connectivity index (χ2n) is 8.97. The van der Waals surface area contributed by atoms with Gasteiger partial charge in [-0.2, -0.15) is 0 Å². The largest absolute Gasteiger partial charge is 0.413 e. The van der Waals surface area contributed by atoms with Gasteiger partial charge >= 0.3 is 0 Å². The number of hydrogen-bond acceptors (Lipinski definition) is 4. The lowest BCUT2D eigenvalue weighted by molar-refractivity contribution is -0.119. The van der Waals surface area contributed by atoms with Crippen LogP contribution in [0, 0.1) is 0 Å². The Balaban J connectivity index is 1.85. The molecule has 1 aliphatic heterocycles. The standard InChI is InChI=1S/C23H30N2O2Si/c1-23(2,3)28(4,5)27-15-16-10-12-17(13-11-16)21-19-9-7-6-8-18(19)14-20(26)22(24)25-21/h6-13,22H,14-15,24H2,1-5H3. The van der Waals surface area contributed by atoms with Crippen LogP contribution in [0.4, 0.5) is 0 Å². The van der Waals surface area contributed by atoms with E-state index in [1.807, 2.05) is 36.4 Å². The number of nitrogens with zero attached hydrogens (tertiary/aromatic N) is 1.